The van der Waals surface area contributed by atoms with Crippen molar-refractivity contribution < 1.29 is 24.2 Å². The van der Waals surface area contributed by atoms with Crippen molar-refractivity contribution in [1.82, 2.24) is 10.2 Å². The summed E-state index contributed by atoms with van der Waals surface area (Å²) in [5.41, 5.74) is 1.84. The van der Waals surface area contributed by atoms with Crippen LogP contribution in [0.2, 0.25) is 5.02 Å². The Bertz CT molecular complexity index is 1420. The molecule has 3 rings (SSSR count). The number of phenols is 1. The van der Waals surface area contributed by atoms with E-state index in [0.29, 0.717) is 16.3 Å². The molecule has 42 heavy (non-hydrogen) atoms. The third kappa shape index (κ3) is 8.36. The van der Waals surface area contributed by atoms with E-state index in [9.17, 15) is 19.5 Å². The van der Waals surface area contributed by atoms with Crippen molar-refractivity contribution in [1.29, 1.82) is 0 Å². The zero-order chi connectivity index (χ0) is 31.0. The smallest absolute Gasteiger partial charge is 0.408 e. The number of anilines is 1. The molecule has 2 unspecified atom stereocenters. The quantitative estimate of drug-likeness (QED) is 0.233. The second-order valence-electron chi connectivity index (χ2n) is 11.0. The molecule has 9 heteroatoms. The first kappa shape index (κ1) is 32.2. The normalized spacial score (nSPS) is 12.5. The minimum atomic E-state index is -1.30. The molecule has 0 aliphatic heterocycles. The van der Waals surface area contributed by atoms with Gasteiger partial charge in [0.1, 0.15) is 23.4 Å². The first-order valence-electron chi connectivity index (χ1n) is 13.6. The summed E-state index contributed by atoms with van der Waals surface area (Å²) < 4.78 is 5.45. The van der Waals surface area contributed by atoms with Crippen LogP contribution in [0.25, 0.3) is 0 Å². The van der Waals surface area contributed by atoms with E-state index in [-0.39, 0.29) is 24.3 Å². The van der Waals surface area contributed by atoms with Crippen molar-refractivity contribution >= 4 is 35.2 Å². The maximum absolute atomic E-state index is 14.4. The molecular formula is C33H38ClN3O5. The van der Waals surface area contributed by atoms with Crippen LogP contribution in [0.5, 0.6) is 5.75 Å². The van der Waals surface area contributed by atoms with Gasteiger partial charge in [0.25, 0.3) is 5.91 Å². The van der Waals surface area contributed by atoms with Gasteiger partial charge in [-0.1, -0.05) is 78.3 Å². The third-order valence-electron chi connectivity index (χ3n) is 6.47. The van der Waals surface area contributed by atoms with Crippen LogP contribution in [0.4, 0.5) is 10.5 Å². The average molecular weight is 592 g/mol. The van der Waals surface area contributed by atoms with Crippen molar-refractivity contribution in [2.24, 2.45) is 0 Å². The number of nitrogens with zero attached hydrogens (tertiary/aromatic N) is 1. The molecule has 3 aromatic rings. The van der Waals surface area contributed by atoms with Gasteiger partial charge in [-0.15, -0.1) is 6.58 Å². The Morgan fingerprint density at radius 2 is 1.64 bits per heavy atom. The van der Waals surface area contributed by atoms with Crippen LogP contribution in [0.15, 0.2) is 79.4 Å². The number of halogens is 1. The van der Waals surface area contributed by atoms with Crippen LogP contribution in [0, 0.1) is 13.8 Å². The van der Waals surface area contributed by atoms with Crippen LogP contribution in [0.3, 0.4) is 0 Å². The van der Waals surface area contributed by atoms with Gasteiger partial charge in [0, 0.05) is 18.5 Å². The summed E-state index contributed by atoms with van der Waals surface area (Å²) in [6, 6.07) is 17.0. The molecule has 0 spiro atoms. The monoisotopic (exact) mass is 591 g/mol. The maximum atomic E-state index is 14.4. The summed E-state index contributed by atoms with van der Waals surface area (Å²) >= 11 is 6.41. The number of alkyl carbamates (subject to hydrolysis) is 1. The summed E-state index contributed by atoms with van der Waals surface area (Å²) in [4.78, 5) is 42.6. The number of amides is 3. The highest BCUT2D eigenvalue weighted by Crippen LogP contribution is 2.34. The van der Waals surface area contributed by atoms with Gasteiger partial charge in [-0.2, -0.15) is 0 Å². The second-order valence-corrected chi connectivity index (χ2v) is 11.4. The number of ether oxygens (including phenoxy) is 1. The predicted molar refractivity (Wildman–Crippen MR) is 166 cm³/mol. The highest BCUT2D eigenvalue weighted by Gasteiger charge is 2.37. The van der Waals surface area contributed by atoms with Crippen molar-refractivity contribution in [3.63, 3.8) is 0 Å². The molecule has 0 saturated carbocycles. The molecular weight excluding hydrogens is 554 g/mol. The SMILES string of the molecule is C=CCN(C(=O)C(Cc1ccccc1)NC(=O)OC(C)(C)C)C(C(=O)Nc1c(C)cccc1Cl)c1cccc(C)c1O. The number of carbonyl (C=O) groups is 3. The highest BCUT2D eigenvalue weighted by atomic mass is 35.5. The lowest BCUT2D eigenvalue weighted by Crippen LogP contribution is -2.53. The van der Waals surface area contributed by atoms with Gasteiger partial charge in [-0.25, -0.2) is 4.79 Å². The summed E-state index contributed by atoms with van der Waals surface area (Å²) in [7, 11) is 0. The van der Waals surface area contributed by atoms with Crippen molar-refractivity contribution in [2.45, 2.75) is 58.7 Å². The minimum absolute atomic E-state index is 0.0624. The molecule has 0 aromatic heterocycles. The first-order chi connectivity index (χ1) is 19.8. The molecule has 3 N–H and O–H groups in total. The third-order valence-corrected chi connectivity index (χ3v) is 6.79. The zero-order valence-electron chi connectivity index (χ0n) is 24.6. The standard InChI is InChI=1S/C33H38ClN3O5/c1-7-19-37(31(40)26(20-23-15-9-8-10-16-23)35-32(41)42-33(4,5)6)28(24-17-11-14-22(3)29(24)38)30(39)36-27-21(2)13-12-18-25(27)34/h7-18,26,28,38H,1,19-20H2,2-6H3,(H,35,41)(H,36,39). The Balaban J connectivity index is 2.11. The van der Waals surface area contributed by atoms with E-state index in [1.165, 1.54) is 11.0 Å². The van der Waals surface area contributed by atoms with E-state index in [1.807, 2.05) is 30.3 Å². The average Bonchev–Trinajstić information content (AvgIpc) is 2.91. The van der Waals surface area contributed by atoms with Gasteiger partial charge in [0.15, 0.2) is 0 Å². The summed E-state index contributed by atoms with van der Waals surface area (Å²) in [6.07, 6.45) is 0.838. The van der Waals surface area contributed by atoms with Crippen LogP contribution >= 0.6 is 11.6 Å². The number of benzene rings is 3. The lowest BCUT2D eigenvalue weighted by Gasteiger charge is -2.34. The van der Waals surface area contributed by atoms with Gasteiger partial charge in [-0.3, -0.25) is 9.59 Å². The number of aryl methyl sites for hydroxylation is 2. The van der Waals surface area contributed by atoms with Crippen LogP contribution in [0.1, 0.15) is 49.1 Å². The predicted octanol–water partition coefficient (Wildman–Crippen LogP) is 6.49. The molecule has 0 fully saturated rings. The largest absolute Gasteiger partial charge is 0.507 e. The minimum Gasteiger partial charge on any atom is -0.507 e. The van der Waals surface area contributed by atoms with Crippen LogP contribution < -0.4 is 10.6 Å². The number of aromatic hydroxyl groups is 1. The van der Waals surface area contributed by atoms with E-state index >= 15 is 0 Å². The molecule has 0 aliphatic rings. The van der Waals surface area contributed by atoms with Gasteiger partial charge in [-0.05, 0) is 57.4 Å². The van der Waals surface area contributed by atoms with Crippen molar-refractivity contribution in [3.05, 3.63) is 107 Å². The van der Waals surface area contributed by atoms with Gasteiger partial charge in [0.2, 0.25) is 5.91 Å². The molecule has 0 aliphatic carbocycles. The number of para-hydroxylation sites is 2. The fourth-order valence-electron chi connectivity index (χ4n) is 4.50. The Hall–Kier alpha value is -4.30. The molecule has 3 aromatic carbocycles. The zero-order valence-corrected chi connectivity index (χ0v) is 25.4. The van der Waals surface area contributed by atoms with Gasteiger partial charge >= 0.3 is 6.09 Å². The van der Waals surface area contributed by atoms with E-state index in [0.717, 1.165) is 11.1 Å². The molecule has 222 valence electrons. The summed E-state index contributed by atoms with van der Waals surface area (Å²) in [6.45, 7) is 12.4. The van der Waals surface area contributed by atoms with E-state index in [4.69, 9.17) is 16.3 Å². The second kappa shape index (κ2) is 14.0. The van der Waals surface area contributed by atoms with Crippen LogP contribution in [-0.2, 0) is 20.7 Å². The molecule has 0 saturated heterocycles. The Kier molecular flexibility index (Phi) is 10.8. The van der Waals surface area contributed by atoms with Crippen LogP contribution in [-0.4, -0.2) is 46.1 Å². The number of carbonyl (C=O) groups excluding carboxylic acids is 3. The molecule has 3 amide bonds. The Morgan fingerprint density at radius 3 is 2.26 bits per heavy atom. The lowest BCUT2D eigenvalue weighted by atomic mass is 9.97. The van der Waals surface area contributed by atoms with Crippen molar-refractivity contribution in [2.75, 3.05) is 11.9 Å². The Labute approximate surface area is 252 Å². The number of phenolic OH excluding ortho intramolecular Hbond substituents is 1. The molecule has 0 bridgehead atoms. The summed E-state index contributed by atoms with van der Waals surface area (Å²) in [5, 5.41) is 17.0. The van der Waals surface area contributed by atoms with E-state index in [1.54, 1.807) is 71.0 Å². The lowest BCUT2D eigenvalue weighted by molar-refractivity contribution is -0.140. The highest BCUT2D eigenvalue weighted by molar-refractivity contribution is 6.34. The number of hydrogen-bond acceptors (Lipinski definition) is 5. The topological polar surface area (TPSA) is 108 Å². The molecule has 0 heterocycles. The molecule has 2 atom stereocenters. The number of rotatable bonds is 10. The number of nitrogens with one attached hydrogen (secondary N) is 2. The van der Waals surface area contributed by atoms with Gasteiger partial charge in [0.05, 0.1) is 10.7 Å². The van der Waals surface area contributed by atoms with Gasteiger partial charge < -0.3 is 25.4 Å². The van der Waals surface area contributed by atoms with E-state index < -0.39 is 35.6 Å². The first-order valence-corrected chi connectivity index (χ1v) is 14.0. The van der Waals surface area contributed by atoms with Crippen molar-refractivity contribution in [3.8, 4) is 5.75 Å². The maximum Gasteiger partial charge on any atom is 0.408 e. The fourth-order valence-corrected chi connectivity index (χ4v) is 4.77. The molecule has 0 radical (unpaired) electrons. The van der Waals surface area contributed by atoms with E-state index in [2.05, 4.69) is 17.2 Å². The fraction of sp³-hybridized carbons (Fsp3) is 0.303. The molecule has 8 nitrogen and oxygen atoms in total. The number of hydrogen-bond donors (Lipinski definition) is 3. The Morgan fingerprint density at radius 1 is 1.00 bits per heavy atom. The summed E-state index contributed by atoms with van der Waals surface area (Å²) in [5.74, 6) is -1.30.